The van der Waals surface area contributed by atoms with Gasteiger partial charge in [0.05, 0.1) is 17.3 Å². The second-order valence-electron chi connectivity index (χ2n) is 7.53. The first-order valence-electron chi connectivity index (χ1n) is 9.53. The molecule has 148 valence electrons. The molecule has 1 saturated carbocycles. The van der Waals surface area contributed by atoms with Crippen molar-refractivity contribution in [3.8, 4) is 11.4 Å². The Bertz CT molecular complexity index is 1240. The molecule has 29 heavy (non-hydrogen) atoms. The lowest BCUT2D eigenvalue weighted by Crippen LogP contribution is -2.34. The molecule has 0 aliphatic heterocycles. The maximum absolute atomic E-state index is 12.8. The number of aryl methyl sites for hydroxylation is 1. The molecule has 8 nitrogen and oxygen atoms in total. The Morgan fingerprint density at radius 2 is 2.24 bits per heavy atom. The van der Waals surface area contributed by atoms with Crippen molar-refractivity contribution in [3.05, 3.63) is 41.2 Å². The molecule has 1 fully saturated rings. The average Bonchev–Trinajstić information content (AvgIpc) is 3.39. The number of H-pyrrole nitrogens is 1. The fraction of sp³-hybridized carbons (Fsp3) is 0.300. The second kappa shape index (κ2) is 6.82. The summed E-state index contributed by atoms with van der Waals surface area (Å²) >= 11 is 6.12. The lowest BCUT2D eigenvalue weighted by Gasteiger charge is -2.11. The van der Waals surface area contributed by atoms with E-state index in [1.807, 2.05) is 25.2 Å². The summed E-state index contributed by atoms with van der Waals surface area (Å²) in [6.45, 7) is 0. The van der Waals surface area contributed by atoms with Crippen LogP contribution >= 0.6 is 11.6 Å². The number of nitrogens with one attached hydrogen (secondary N) is 2. The maximum atomic E-state index is 12.8. The van der Waals surface area contributed by atoms with Crippen molar-refractivity contribution in [1.82, 2.24) is 30.0 Å². The highest BCUT2D eigenvalue weighted by Crippen LogP contribution is 2.29. The molecule has 5 rings (SSSR count). The highest BCUT2D eigenvalue weighted by atomic mass is 35.5. The van der Waals surface area contributed by atoms with Gasteiger partial charge in [-0.1, -0.05) is 11.6 Å². The van der Waals surface area contributed by atoms with Crippen LogP contribution in [0.4, 0.5) is 0 Å². The molecule has 1 unspecified atom stereocenters. The molecular weight excluding hydrogens is 390 g/mol. The van der Waals surface area contributed by atoms with Crippen molar-refractivity contribution >= 4 is 39.6 Å². The number of aromatic nitrogens is 5. The van der Waals surface area contributed by atoms with Crippen LogP contribution < -0.4 is 11.1 Å². The van der Waals surface area contributed by atoms with Gasteiger partial charge in [-0.2, -0.15) is 5.10 Å². The van der Waals surface area contributed by atoms with E-state index < -0.39 is 0 Å². The van der Waals surface area contributed by atoms with Gasteiger partial charge in [0.1, 0.15) is 16.9 Å². The molecule has 3 heterocycles. The Balaban J connectivity index is 1.54. The molecule has 4 aromatic rings. The first kappa shape index (κ1) is 18.1. The number of aromatic amines is 1. The Morgan fingerprint density at radius 1 is 1.38 bits per heavy atom. The van der Waals surface area contributed by atoms with E-state index >= 15 is 0 Å². The van der Waals surface area contributed by atoms with E-state index in [0.717, 1.165) is 30.2 Å². The number of amides is 1. The number of fused-ring (bicyclic) bond motifs is 2. The first-order valence-corrected chi connectivity index (χ1v) is 9.90. The van der Waals surface area contributed by atoms with Crippen LogP contribution in [0.3, 0.4) is 0 Å². The van der Waals surface area contributed by atoms with Gasteiger partial charge >= 0.3 is 0 Å². The number of nitrogens with two attached hydrogens (primary N) is 1. The van der Waals surface area contributed by atoms with Crippen LogP contribution in [0.5, 0.6) is 0 Å². The smallest absolute Gasteiger partial charge is 0.255 e. The summed E-state index contributed by atoms with van der Waals surface area (Å²) in [7, 11) is 1.86. The molecular formula is C20H20ClN7O. The summed E-state index contributed by atoms with van der Waals surface area (Å²) < 4.78 is 1.76. The van der Waals surface area contributed by atoms with Crippen LogP contribution in [0.1, 0.15) is 29.6 Å². The number of hydrogen-bond acceptors (Lipinski definition) is 5. The van der Waals surface area contributed by atoms with Crippen molar-refractivity contribution in [2.24, 2.45) is 12.8 Å². The molecule has 4 N–H and O–H groups in total. The van der Waals surface area contributed by atoms with Gasteiger partial charge in [-0.05, 0) is 37.5 Å². The number of nitrogens with zero attached hydrogens (tertiary/aromatic N) is 4. The summed E-state index contributed by atoms with van der Waals surface area (Å²) in [6, 6.07) is 5.85. The van der Waals surface area contributed by atoms with Crippen LogP contribution in [0.2, 0.25) is 5.02 Å². The Labute approximate surface area is 171 Å². The van der Waals surface area contributed by atoms with Gasteiger partial charge in [-0.15, -0.1) is 0 Å². The highest BCUT2D eigenvalue weighted by Gasteiger charge is 2.25. The Morgan fingerprint density at radius 3 is 3.03 bits per heavy atom. The zero-order chi connectivity index (χ0) is 20.1. The van der Waals surface area contributed by atoms with E-state index in [1.165, 1.54) is 0 Å². The Kier molecular flexibility index (Phi) is 4.25. The van der Waals surface area contributed by atoms with Gasteiger partial charge in [0.2, 0.25) is 0 Å². The number of benzene rings is 1. The minimum absolute atomic E-state index is 0.100. The third-order valence-corrected chi connectivity index (χ3v) is 5.73. The summed E-state index contributed by atoms with van der Waals surface area (Å²) in [5.74, 6) is -0.167. The first-order chi connectivity index (χ1) is 14.0. The van der Waals surface area contributed by atoms with Gasteiger partial charge < -0.3 is 16.0 Å². The lowest BCUT2D eigenvalue weighted by atomic mass is 10.1. The molecule has 0 spiro atoms. The van der Waals surface area contributed by atoms with Gasteiger partial charge in [0.15, 0.2) is 5.65 Å². The number of carbonyl (C=O) groups is 1. The normalized spacial score (nSPS) is 19.3. The molecule has 0 saturated heterocycles. The highest BCUT2D eigenvalue weighted by molar-refractivity contribution is 6.31. The average molecular weight is 410 g/mol. The fourth-order valence-corrected chi connectivity index (χ4v) is 4.18. The predicted octanol–water partition coefficient (Wildman–Crippen LogP) is 2.77. The molecule has 1 amide bonds. The maximum Gasteiger partial charge on any atom is 0.255 e. The van der Waals surface area contributed by atoms with Crippen LogP contribution in [0.15, 0.2) is 30.6 Å². The molecule has 0 bridgehead atoms. The van der Waals surface area contributed by atoms with Gasteiger partial charge in [-0.3, -0.25) is 9.48 Å². The van der Waals surface area contributed by atoms with E-state index in [2.05, 4.69) is 20.4 Å². The van der Waals surface area contributed by atoms with E-state index in [-0.39, 0.29) is 18.0 Å². The third kappa shape index (κ3) is 3.14. The zero-order valence-electron chi connectivity index (χ0n) is 15.8. The minimum atomic E-state index is -0.167. The number of hydrogen-bond donors (Lipinski definition) is 3. The topological polar surface area (TPSA) is 115 Å². The van der Waals surface area contributed by atoms with E-state index in [4.69, 9.17) is 22.3 Å². The van der Waals surface area contributed by atoms with Gasteiger partial charge in [0.25, 0.3) is 5.91 Å². The standard InChI is InChI=1S/C20H20ClN7O/c1-28-16-6-10(21)2-5-13(16)17(27-28)15-9-24-19-18(26-15)14(8-23-19)20(29)25-12-4-3-11(22)7-12/h2,5-6,8-9,11-12H,3-4,7,22H2,1H3,(H,23,24)(H,25,29)/t11-,12?/m1/s1. The number of rotatable bonds is 3. The van der Waals surface area contributed by atoms with Gasteiger partial charge in [0, 0.05) is 35.7 Å². The number of halogens is 1. The van der Waals surface area contributed by atoms with Gasteiger partial charge in [-0.25, -0.2) is 9.97 Å². The third-order valence-electron chi connectivity index (χ3n) is 5.49. The molecule has 0 radical (unpaired) electrons. The van der Waals surface area contributed by atoms with E-state index in [9.17, 15) is 4.79 Å². The molecule has 1 aliphatic rings. The second-order valence-corrected chi connectivity index (χ2v) is 7.97. The minimum Gasteiger partial charge on any atom is -0.349 e. The van der Waals surface area contributed by atoms with Crippen molar-refractivity contribution in [2.75, 3.05) is 0 Å². The monoisotopic (exact) mass is 409 g/mol. The molecule has 1 aliphatic carbocycles. The van der Waals surface area contributed by atoms with Crippen LogP contribution in [-0.2, 0) is 7.05 Å². The number of carbonyl (C=O) groups excluding carboxylic acids is 1. The summed E-state index contributed by atoms with van der Waals surface area (Å²) in [5.41, 5.74) is 9.71. The van der Waals surface area contributed by atoms with Crippen LogP contribution in [0, 0.1) is 0 Å². The quantitative estimate of drug-likeness (QED) is 0.481. The van der Waals surface area contributed by atoms with Crippen LogP contribution in [0.25, 0.3) is 33.5 Å². The Hall–Kier alpha value is -2.97. The molecule has 9 heteroatoms. The van der Waals surface area contributed by atoms with Crippen molar-refractivity contribution in [2.45, 2.75) is 31.3 Å². The van der Waals surface area contributed by atoms with E-state index in [1.54, 1.807) is 17.1 Å². The summed E-state index contributed by atoms with van der Waals surface area (Å²) in [5, 5.41) is 9.22. The fourth-order valence-electron chi connectivity index (χ4n) is 4.01. The van der Waals surface area contributed by atoms with Crippen molar-refractivity contribution in [1.29, 1.82) is 0 Å². The lowest BCUT2D eigenvalue weighted by molar-refractivity contribution is 0.0939. The molecule has 1 aromatic carbocycles. The predicted molar refractivity (Wildman–Crippen MR) is 112 cm³/mol. The summed E-state index contributed by atoms with van der Waals surface area (Å²) in [6.07, 6.45) is 5.93. The van der Waals surface area contributed by atoms with Crippen molar-refractivity contribution in [3.63, 3.8) is 0 Å². The zero-order valence-corrected chi connectivity index (χ0v) is 16.6. The van der Waals surface area contributed by atoms with Crippen molar-refractivity contribution < 1.29 is 4.79 Å². The molecule has 2 atom stereocenters. The summed E-state index contributed by atoms with van der Waals surface area (Å²) in [4.78, 5) is 25.0. The SMILES string of the molecule is Cn1nc(-c2cnc3[nH]cc(C(=O)NC4CC[C@@H](N)C4)c3n2)c2ccc(Cl)cc21. The van der Waals surface area contributed by atoms with Crippen LogP contribution in [-0.4, -0.2) is 42.7 Å². The largest absolute Gasteiger partial charge is 0.349 e. The molecule has 3 aromatic heterocycles. The van der Waals surface area contributed by atoms with E-state index in [0.29, 0.717) is 33.1 Å².